The first-order valence-electron chi connectivity index (χ1n) is 12.5. The van der Waals surface area contributed by atoms with Crippen molar-refractivity contribution in [3.63, 3.8) is 0 Å². The molecule has 0 unspecified atom stereocenters. The van der Waals surface area contributed by atoms with Gasteiger partial charge in [-0.05, 0) is 28.4 Å². The summed E-state index contributed by atoms with van der Waals surface area (Å²) >= 11 is 1.37. The van der Waals surface area contributed by atoms with Crippen molar-refractivity contribution in [2.75, 3.05) is 0 Å². The van der Waals surface area contributed by atoms with Crippen LogP contribution in [0.5, 0.6) is 0 Å². The minimum atomic E-state index is 0. The maximum atomic E-state index is 3.67. The van der Waals surface area contributed by atoms with E-state index < -0.39 is 0 Å². The van der Waals surface area contributed by atoms with Gasteiger partial charge in [0.15, 0.2) is 0 Å². The Labute approximate surface area is 242 Å². The predicted octanol–water partition coefficient (Wildman–Crippen LogP) is 2.64. The molecule has 3 aliphatic carbocycles. The van der Waals surface area contributed by atoms with Gasteiger partial charge < -0.3 is 24.8 Å². The van der Waals surface area contributed by atoms with E-state index in [1.807, 2.05) is 15.4 Å². The Kier molecular flexibility index (Phi) is 13.1. The van der Waals surface area contributed by atoms with Gasteiger partial charge in [0, 0.05) is 0 Å². The van der Waals surface area contributed by atoms with Gasteiger partial charge in [0.2, 0.25) is 0 Å². The average Bonchev–Trinajstić information content (AvgIpc) is 3.44. The van der Waals surface area contributed by atoms with Gasteiger partial charge in [0.05, 0.1) is 0 Å². The van der Waals surface area contributed by atoms with Crippen molar-refractivity contribution < 1.29 is 48.7 Å². The Balaban J connectivity index is 0.000000360. The van der Waals surface area contributed by atoms with Gasteiger partial charge in [-0.3, -0.25) is 6.08 Å². The molecule has 0 aromatic heterocycles. The maximum absolute atomic E-state index is 3.67. The molecule has 5 rings (SSSR count). The normalized spacial score (nSPS) is 15.5. The van der Waals surface area contributed by atoms with Crippen LogP contribution in [-0.4, -0.2) is 3.26 Å². The number of hydrogen-bond acceptors (Lipinski definition) is 0. The molecule has 2 aromatic carbocycles. The third-order valence-electron chi connectivity index (χ3n) is 6.51. The fourth-order valence-electron chi connectivity index (χ4n) is 4.35. The summed E-state index contributed by atoms with van der Waals surface area (Å²) in [5.41, 5.74) is 8.70. The molecular weight excluding hydrogens is 634 g/mol. The van der Waals surface area contributed by atoms with E-state index in [9.17, 15) is 0 Å². The Morgan fingerprint density at radius 2 is 1.46 bits per heavy atom. The van der Waals surface area contributed by atoms with E-state index in [4.69, 9.17) is 0 Å². The first kappa shape index (κ1) is 32.3. The van der Waals surface area contributed by atoms with E-state index in [-0.39, 0.29) is 35.6 Å². The number of rotatable bonds is 0. The van der Waals surface area contributed by atoms with E-state index in [0.29, 0.717) is 0 Å². The Morgan fingerprint density at radius 1 is 0.800 bits per heavy atom. The SMILES string of the molecule is CC(C)(C)c1[c-]c2c(cc1)-c1ccc(C(C)(C)C)cc1C2.[C-]1=CC=CC1.[Cl-].[Cl-].[Hf+2]=[C]1CCCCC1. The molecule has 2 aromatic rings. The zero-order valence-corrected chi connectivity index (χ0v) is 27.4. The molecule has 188 valence electrons. The summed E-state index contributed by atoms with van der Waals surface area (Å²) in [6.45, 7) is 13.6. The molecule has 0 spiro atoms. The number of allylic oxidation sites excluding steroid dienone is 4. The molecule has 0 saturated heterocycles. The second-order valence-electron chi connectivity index (χ2n) is 11.5. The fraction of sp³-hybridized carbons (Fsp3) is 0.469. The summed E-state index contributed by atoms with van der Waals surface area (Å²) in [5, 5.41) is 0. The molecular formula is C32H40Cl2Hf-2. The zero-order chi connectivity index (χ0) is 24.1. The molecule has 0 atom stereocenters. The Hall–Kier alpha value is -0.760. The molecule has 0 radical (unpaired) electrons. The van der Waals surface area contributed by atoms with Crippen LogP contribution in [0.1, 0.15) is 102 Å². The van der Waals surface area contributed by atoms with E-state index in [1.165, 1.54) is 89.4 Å². The number of halogens is 2. The quantitative estimate of drug-likeness (QED) is 0.255. The molecule has 3 heteroatoms. The third kappa shape index (κ3) is 9.56. The average molecular weight is 674 g/mol. The van der Waals surface area contributed by atoms with Crippen LogP contribution < -0.4 is 24.8 Å². The van der Waals surface area contributed by atoms with Crippen LogP contribution in [0.25, 0.3) is 11.1 Å². The zero-order valence-electron chi connectivity index (χ0n) is 22.3. The van der Waals surface area contributed by atoms with Crippen LogP contribution >= 0.6 is 0 Å². The molecule has 35 heavy (non-hydrogen) atoms. The van der Waals surface area contributed by atoms with Crippen molar-refractivity contribution >= 4 is 3.26 Å². The van der Waals surface area contributed by atoms with Crippen LogP contribution in [0.4, 0.5) is 0 Å². The van der Waals surface area contributed by atoms with Crippen LogP contribution in [0.15, 0.2) is 48.6 Å². The molecule has 0 bridgehead atoms. The van der Waals surface area contributed by atoms with Gasteiger partial charge in [-0.1, -0.05) is 65.3 Å². The molecule has 0 amide bonds. The second kappa shape index (κ2) is 14.3. The van der Waals surface area contributed by atoms with Crippen LogP contribution in [0, 0.1) is 12.1 Å². The molecule has 0 N–H and O–H groups in total. The summed E-state index contributed by atoms with van der Waals surface area (Å²) in [4.78, 5) is 0. The topological polar surface area (TPSA) is 0 Å². The molecule has 0 heterocycles. The molecule has 0 aliphatic heterocycles. The van der Waals surface area contributed by atoms with Crippen LogP contribution in [-0.2, 0) is 41.1 Å². The van der Waals surface area contributed by atoms with Gasteiger partial charge in [-0.2, -0.15) is 29.8 Å². The minimum absolute atomic E-state index is 0. The fourth-order valence-corrected chi connectivity index (χ4v) is 5.62. The molecule has 0 nitrogen and oxygen atoms in total. The predicted molar refractivity (Wildman–Crippen MR) is 141 cm³/mol. The second-order valence-corrected chi connectivity index (χ2v) is 14.0. The Bertz CT molecular complexity index is 953. The number of hydrogen-bond donors (Lipinski definition) is 0. The number of fused-ring (bicyclic) bond motifs is 3. The first-order valence-corrected chi connectivity index (χ1v) is 14.3. The van der Waals surface area contributed by atoms with Crippen LogP contribution in [0.3, 0.4) is 0 Å². The van der Waals surface area contributed by atoms with Gasteiger partial charge in [0.25, 0.3) is 0 Å². The van der Waals surface area contributed by atoms with Crippen molar-refractivity contribution in [3.8, 4) is 11.1 Å². The van der Waals surface area contributed by atoms with E-state index in [2.05, 4.69) is 90.1 Å². The first-order chi connectivity index (χ1) is 15.6. The monoisotopic (exact) mass is 674 g/mol. The van der Waals surface area contributed by atoms with E-state index >= 15 is 0 Å². The summed E-state index contributed by atoms with van der Waals surface area (Å²) in [6.07, 6.45) is 18.4. The summed E-state index contributed by atoms with van der Waals surface area (Å²) in [6, 6.07) is 15.2. The van der Waals surface area contributed by atoms with E-state index in [0.717, 1.165) is 12.8 Å². The summed E-state index contributed by atoms with van der Waals surface area (Å²) in [5.74, 6) is 0. The van der Waals surface area contributed by atoms with Crippen molar-refractivity contribution in [2.45, 2.75) is 97.3 Å². The van der Waals surface area contributed by atoms with E-state index in [1.54, 1.807) is 0 Å². The van der Waals surface area contributed by atoms with Gasteiger partial charge >= 0.3 is 59.3 Å². The van der Waals surface area contributed by atoms with Gasteiger partial charge in [-0.25, -0.2) is 12.2 Å². The summed E-state index contributed by atoms with van der Waals surface area (Å²) < 4.78 is 1.85. The van der Waals surface area contributed by atoms with Gasteiger partial charge in [0.1, 0.15) is 0 Å². The van der Waals surface area contributed by atoms with Crippen molar-refractivity contribution in [3.05, 3.63) is 83.0 Å². The molecule has 1 saturated carbocycles. The van der Waals surface area contributed by atoms with Crippen LogP contribution in [0.2, 0.25) is 0 Å². The standard InChI is InChI=1S/C21H25.C6H10.C5H5.2ClH.Hf/c1-20(2,3)16-7-9-18-14(12-16)11-15-13-17(21(4,5)6)8-10-19(15)18;1-2-4-6-5-3-1;1-2-4-5-3-1;;;/h7-10,12H,11H2,1-6H3;1-5H2;1-3H,4H2;2*1H;/q-1;;-1;;;+2/p-2. The molecule has 1 fully saturated rings. The Morgan fingerprint density at radius 3 is 1.91 bits per heavy atom. The van der Waals surface area contributed by atoms with Crippen molar-refractivity contribution in [2.24, 2.45) is 0 Å². The van der Waals surface area contributed by atoms with Crippen molar-refractivity contribution in [1.29, 1.82) is 0 Å². The van der Waals surface area contributed by atoms with Crippen molar-refractivity contribution in [1.82, 2.24) is 0 Å². The molecule has 3 aliphatic rings. The van der Waals surface area contributed by atoms with Gasteiger partial charge in [-0.15, -0.1) is 17.5 Å². The third-order valence-corrected chi connectivity index (χ3v) is 8.30. The summed E-state index contributed by atoms with van der Waals surface area (Å²) in [7, 11) is 0. The number of benzene rings is 2.